The molecule has 144 valence electrons. The summed E-state index contributed by atoms with van der Waals surface area (Å²) in [5.74, 6) is -3.05. The summed E-state index contributed by atoms with van der Waals surface area (Å²) in [4.78, 5) is 40.6. The lowest BCUT2D eigenvalue weighted by molar-refractivity contribution is -0.146. The molecule has 0 saturated carbocycles. The monoisotopic (exact) mass is 436 g/mol. The first-order valence-electron chi connectivity index (χ1n) is 8.05. The molecule has 2 heterocycles. The summed E-state index contributed by atoms with van der Waals surface area (Å²) >= 11 is 12.3. The Morgan fingerprint density at radius 1 is 1.29 bits per heavy atom. The van der Waals surface area contributed by atoms with Gasteiger partial charge in [-0.15, -0.1) is 0 Å². The number of rotatable bonds is 6. The molecule has 1 aromatic heterocycles. The minimum absolute atomic E-state index is 0.0628. The summed E-state index contributed by atoms with van der Waals surface area (Å²) in [7, 11) is 0. The van der Waals surface area contributed by atoms with Crippen molar-refractivity contribution in [1.29, 1.82) is 0 Å². The van der Waals surface area contributed by atoms with Gasteiger partial charge in [0, 0.05) is 11.8 Å². The number of hydrogen-bond donors (Lipinski definition) is 2. The molecule has 1 aliphatic heterocycles. The normalized spacial score (nSPS) is 16.8. The van der Waals surface area contributed by atoms with Gasteiger partial charge in [0.15, 0.2) is 0 Å². The standard InChI is InChI=1S/C18H13ClN2O5S2/c19-11-3-1-2-9-4-5-10(20-15(9)11)8-13-16(24)21(18(27)28-13)12(17(25)26)6-7-14(22)23/h1-5,8,12H,6-7H2,(H,22,23)(H,25,26). The minimum Gasteiger partial charge on any atom is -0.481 e. The maximum Gasteiger partial charge on any atom is 0.326 e. The Labute approximate surface area is 174 Å². The quantitative estimate of drug-likeness (QED) is 0.524. The number of carboxylic acids is 2. The molecule has 28 heavy (non-hydrogen) atoms. The van der Waals surface area contributed by atoms with E-state index in [9.17, 15) is 19.5 Å². The molecule has 1 saturated heterocycles. The van der Waals surface area contributed by atoms with Gasteiger partial charge in [-0.1, -0.05) is 53.8 Å². The Bertz CT molecular complexity index is 1040. The van der Waals surface area contributed by atoms with E-state index in [0.717, 1.165) is 22.0 Å². The number of aliphatic carboxylic acids is 2. The Balaban J connectivity index is 1.91. The van der Waals surface area contributed by atoms with Gasteiger partial charge in [-0.2, -0.15) is 0 Å². The highest BCUT2D eigenvalue weighted by Crippen LogP contribution is 2.35. The van der Waals surface area contributed by atoms with Crippen LogP contribution in [0.4, 0.5) is 0 Å². The number of carboxylic acid groups (broad SMARTS) is 2. The van der Waals surface area contributed by atoms with Crippen LogP contribution in [0.25, 0.3) is 17.0 Å². The molecule has 1 unspecified atom stereocenters. The van der Waals surface area contributed by atoms with Crippen LogP contribution >= 0.6 is 35.6 Å². The second kappa shape index (κ2) is 8.26. The van der Waals surface area contributed by atoms with Gasteiger partial charge in [0.25, 0.3) is 5.91 Å². The SMILES string of the molecule is O=C(O)CCC(C(=O)O)N1C(=O)C(=Cc2ccc3cccc(Cl)c3n2)SC1=S. The predicted molar refractivity (Wildman–Crippen MR) is 110 cm³/mol. The van der Waals surface area contributed by atoms with Gasteiger partial charge in [0.1, 0.15) is 10.4 Å². The summed E-state index contributed by atoms with van der Waals surface area (Å²) in [6, 6.07) is 7.56. The van der Waals surface area contributed by atoms with E-state index in [1.54, 1.807) is 18.2 Å². The highest BCUT2D eigenvalue weighted by atomic mass is 35.5. The molecule has 0 aliphatic carbocycles. The number of thioether (sulfide) groups is 1. The van der Waals surface area contributed by atoms with Gasteiger partial charge in [-0.25, -0.2) is 9.78 Å². The summed E-state index contributed by atoms with van der Waals surface area (Å²) in [6.07, 6.45) is 0.879. The zero-order valence-electron chi connectivity index (χ0n) is 14.2. The molecule has 3 rings (SSSR count). The number of benzene rings is 1. The lowest BCUT2D eigenvalue weighted by Crippen LogP contribution is -2.44. The predicted octanol–water partition coefficient (Wildman–Crippen LogP) is 3.41. The lowest BCUT2D eigenvalue weighted by Gasteiger charge is -2.22. The summed E-state index contributed by atoms with van der Waals surface area (Å²) in [5, 5.41) is 19.5. The third-order valence-electron chi connectivity index (χ3n) is 4.02. The molecule has 1 fully saturated rings. The average Bonchev–Trinajstić information content (AvgIpc) is 2.90. The van der Waals surface area contributed by atoms with Crippen LogP contribution in [0.15, 0.2) is 35.2 Å². The number of aromatic nitrogens is 1. The number of fused-ring (bicyclic) bond motifs is 1. The van der Waals surface area contributed by atoms with Crippen LogP contribution in [-0.4, -0.2) is 48.3 Å². The molecule has 0 radical (unpaired) electrons. The van der Waals surface area contributed by atoms with Gasteiger partial charge >= 0.3 is 11.9 Å². The highest BCUT2D eigenvalue weighted by molar-refractivity contribution is 8.26. The van der Waals surface area contributed by atoms with Gasteiger partial charge < -0.3 is 10.2 Å². The number of nitrogens with zero attached hydrogens (tertiary/aromatic N) is 2. The zero-order chi connectivity index (χ0) is 20.4. The fourth-order valence-electron chi connectivity index (χ4n) is 2.71. The van der Waals surface area contributed by atoms with Crippen molar-refractivity contribution in [3.8, 4) is 0 Å². The Morgan fingerprint density at radius 2 is 2.04 bits per heavy atom. The van der Waals surface area contributed by atoms with Crippen LogP contribution in [0.2, 0.25) is 5.02 Å². The third-order valence-corrected chi connectivity index (χ3v) is 5.66. The van der Waals surface area contributed by atoms with Crippen molar-refractivity contribution < 1.29 is 24.6 Å². The molecule has 1 atom stereocenters. The second-order valence-electron chi connectivity index (χ2n) is 5.89. The highest BCUT2D eigenvalue weighted by Gasteiger charge is 2.40. The van der Waals surface area contributed by atoms with Crippen molar-refractivity contribution in [1.82, 2.24) is 9.88 Å². The summed E-state index contributed by atoms with van der Waals surface area (Å²) in [6.45, 7) is 0. The smallest absolute Gasteiger partial charge is 0.326 e. The van der Waals surface area contributed by atoms with Crippen molar-refractivity contribution in [2.45, 2.75) is 18.9 Å². The van der Waals surface area contributed by atoms with E-state index in [4.69, 9.17) is 28.9 Å². The van der Waals surface area contributed by atoms with Crippen LogP contribution in [-0.2, 0) is 14.4 Å². The Kier molecular flexibility index (Phi) is 5.97. The maximum absolute atomic E-state index is 12.7. The van der Waals surface area contributed by atoms with Crippen molar-refractivity contribution in [3.05, 3.63) is 46.0 Å². The lowest BCUT2D eigenvalue weighted by atomic mass is 10.1. The Hall–Kier alpha value is -2.49. The van der Waals surface area contributed by atoms with Crippen LogP contribution < -0.4 is 0 Å². The topological polar surface area (TPSA) is 108 Å². The summed E-state index contributed by atoms with van der Waals surface area (Å²) in [5.41, 5.74) is 1.05. The van der Waals surface area contributed by atoms with Gasteiger partial charge in [0.2, 0.25) is 0 Å². The van der Waals surface area contributed by atoms with E-state index < -0.39 is 30.3 Å². The third kappa shape index (κ3) is 4.16. The largest absolute Gasteiger partial charge is 0.481 e. The maximum atomic E-state index is 12.7. The van der Waals surface area contributed by atoms with Crippen LogP contribution in [0.1, 0.15) is 18.5 Å². The number of amides is 1. The number of carbonyl (C=O) groups excluding carboxylic acids is 1. The minimum atomic E-state index is -1.34. The number of thiocarbonyl (C=S) groups is 1. The fraction of sp³-hybridized carbons (Fsp3) is 0.167. The average molecular weight is 437 g/mol. The molecule has 1 amide bonds. The molecule has 7 nitrogen and oxygen atoms in total. The van der Waals surface area contributed by atoms with Crippen molar-refractivity contribution in [2.75, 3.05) is 0 Å². The van der Waals surface area contributed by atoms with E-state index in [1.807, 2.05) is 12.1 Å². The first-order chi connectivity index (χ1) is 13.3. The van der Waals surface area contributed by atoms with Gasteiger partial charge in [0.05, 0.1) is 21.1 Å². The number of hydrogen-bond acceptors (Lipinski definition) is 6. The molecule has 0 spiro atoms. The molecule has 10 heteroatoms. The van der Waals surface area contributed by atoms with E-state index in [2.05, 4.69) is 4.98 Å². The molecular formula is C18H13ClN2O5S2. The van der Waals surface area contributed by atoms with E-state index >= 15 is 0 Å². The van der Waals surface area contributed by atoms with Crippen LogP contribution in [0.5, 0.6) is 0 Å². The number of halogens is 1. The van der Waals surface area contributed by atoms with Crippen LogP contribution in [0, 0.1) is 0 Å². The second-order valence-corrected chi connectivity index (χ2v) is 7.97. The van der Waals surface area contributed by atoms with Gasteiger partial charge in [-0.3, -0.25) is 14.5 Å². The van der Waals surface area contributed by atoms with Crippen molar-refractivity contribution in [2.24, 2.45) is 0 Å². The molecular weight excluding hydrogens is 424 g/mol. The van der Waals surface area contributed by atoms with Crippen LogP contribution in [0.3, 0.4) is 0 Å². The molecule has 0 bridgehead atoms. The molecule has 1 aromatic carbocycles. The Morgan fingerprint density at radius 3 is 2.71 bits per heavy atom. The summed E-state index contributed by atoms with van der Waals surface area (Å²) < 4.78 is 0.0628. The molecule has 2 N–H and O–H groups in total. The van der Waals surface area contributed by atoms with E-state index in [1.165, 1.54) is 6.08 Å². The number of pyridine rings is 1. The van der Waals surface area contributed by atoms with Crippen molar-refractivity contribution >= 4 is 74.7 Å². The fourth-order valence-corrected chi connectivity index (χ4v) is 4.28. The van der Waals surface area contributed by atoms with E-state index in [0.29, 0.717) is 16.2 Å². The molecule has 1 aliphatic rings. The first kappa shape index (κ1) is 20.2. The van der Waals surface area contributed by atoms with Crippen molar-refractivity contribution in [3.63, 3.8) is 0 Å². The number of carbonyl (C=O) groups is 3. The number of para-hydroxylation sites is 1. The van der Waals surface area contributed by atoms with E-state index in [-0.39, 0.29) is 15.6 Å². The zero-order valence-corrected chi connectivity index (χ0v) is 16.6. The first-order valence-corrected chi connectivity index (χ1v) is 9.65. The molecule has 2 aromatic rings. The van der Waals surface area contributed by atoms with Gasteiger partial charge in [-0.05, 0) is 24.6 Å².